The lowest BCUT2D eigenvalue weighted by Gasteiger charge is -2.05. The highest BCUT2D eigenvalue weighted by Gasteiger charge is 2.07. The predicted octanol–water partition coefficient (Wildman–Crippen LogP) is 3.24. The molecule has 1 aromatic carbocycles. The van der Waals surface area contributed by atoms with Crippen LogP contribution in [0.15, 0.2) is 30.5 Å². The lowest BCUT2D eigenvalue weighted by Crippen LogP contribution is -2.12. The molecule has 0 atom stereocenters. The Hall–Kier alpha value is -1.39. The van der Waals surface area contributed by atoms with Crippen LogP contribution < -0.4 is 10.1 Å². The molecule has 0 amide bonds. The summed E-state index contributed by atoms with van der Waals surface area (Å²) >= 11 is 1.77. The van der Waals surface area contributed by atoms with E-state index >= 15 is 0 Å². The molecule has 102 valence electrons. The first kappa shape index (κ1) is 14.0. The molecule has 0 fully saturated rings. The van der Waals surface area contributed by atoms with Gasteiger partial charge in [-0.15, -0.1) is 11.3 Å². The maximum absolute atomic E-state index is 5.37. The maximum atomic E-state index is 5.37. The summed E-state index contributed by atoms with van der Waals surface area (Å²) in [5, 5.41) is 4.53. The molecule has 2 aromatic rings. The van der Waals surface area contributed by atoms with Gasteiger partial charge in [0.15, 0.2) is 0 Å². The van der Waals surface area contributed by atoms with E-state index in [0.29, 0.717) is 0 Å². The van der Waals surface area contributed by atoms with E-state index in [9.17, 15) is 0 Å². The number of nitrogens with one attached hydrogen (secondary N) is 1. The minimum atomic E-state index is 0.836. The van der Waals surface area contributed by atoms with Gasteiger partial charge < -0.3 is 10.1 Å². The van der Waals surface area contributed by atoms with Gasteiger partial charge in [-0.25, -0.2) is 4.98 Å². The number of para-hydroxylation sites is 1. The lowest BCUT2D eigenvalue weighted by molar-refractivity contribution is 0.410. The van der Waals surface area contributed by atoms with E-state index in [1.54, 1.807) is 18.4 Å². The van der Waals surface area contributed by atoms with Crippen molar-refractivity contribution in [3.63, 3.8) is 0 Å². The Labute approximate surface area is 118 Å². The number of hydrogen-bond acceptors (Lipinski definition) is 4. The molecule has 0 aliphatic rings. The average Bonchev–Trinajstić information content (AvgIpc) is 2.87. The minimum absolute atomic E-state index is 0.836. The summed E-state index contributed by atoms with van der Waals surface area (Å²) in [5.41, 5.74) is 1.19. The molecule has 0 unspecified atom stereocenters. The second-order valence-corrected chi connectivity index (χ2v) is 5.59. The van der Waals surface area contributed by atoms with Gasteiger partial charge in [0.25, 0.3) is 0 Å². The molecular formula is C15H20N2OS. The van der Waals surface area contributed by atoms with E-state index in [4.69, 9.17) is 4.74 Å². The molecule has 0 aliphatic carbocycles. The van der Waals surface area contributed by atoms with Crippen molar-refractivity contribution in [1.29, 1.82) is 0 Å². The number of rotatable bonds is 7. The third-order valence-corrected chi connectivity index (χ3v) is 3.86. The van der Waals surface area contributed by atoms with E-state index in [1.165, 1.54) is 10.4 Å². The van der Waals surface area contributed by atoms with Crippen LogP contribution in [0.4, 0.5) is 0 Å². The highest BCUT2D eigenvalue weighted by molar-refractivity contribution is 7.11. The van der Waals surface area contributed by atoms with Crippen LogP contribution in [-0.4, -0.2) is 18.6 Å². The Morgan fingerprint density at radius 2 is 2.16 bits per heavy atom. The fourth-order valence-corrected chi connectivity index (χ4v) is 2.83. The molecule has 2 rings (SSSR count). The third-order valence-electron chi connectivity index (χ3n) is 2.86. The standard InChI is InChI=1S/C15H20N2OS/c1-3-8-16-10-13-11-17-15(19-13)9-12-6-4-5-7-14(12)18-2/h4-7,11,16H,3,8-10H2,1-2H3. The second kappa shape index (κ2) is 7.26. The molecule has 19 heavy (non-hydrogen) atoms. The Morgan fingerprint density at radius 3 is 2.95 bits per heavy atom. The zero-order valence-electron chi connectivity index (χ0n) is 11.5. The van der Waals surface area contributed by atoms with Crippen molar-refractivity contribution >= 4 is 11.3 Å². The van der Waals surface area contributed by atoms with Crippen molar-refractivity contribution in [2.45, 2.75) is 26.3 Å². The highest BCUT2D eigenvalue weighted by atomic mass is 32.1. The molecule has 1 heterocycles. The van der Waals surface area contributed by atoms with Gasteiger partial charge in [-0.2, -0.15) is 0 Å². The molecule has 0 bridgehead atoms. The van der Waals surface area contributed by atoms with Gasteiger partial charge in [-0.3, -0.25) is 0 Å². The third kappa shape index (κ3) is 4.04. The number of methoxy groups -OCH3 is 1. The number of aromatic nitrogens is 1. The molecule has 0 saturated carbocycles. The first-order valence-corrected chi connectivity index (χ1v) is 7.41. The van der Waals surface area contributed by atoms with Crippen LogP contribution in [0.5, 0.6) is 5.75 Å². The van der Waals surface area contributed by atoms with Crippen LogP contribution in [0.25, 0.3) is 0 Å². The quantitative estimate of drug-likeness (QED) is 0.788. The summed E-state index contributed by atoms with van der Waals surface area (Å²) in [5.74, 6) is 0.934. The van der Waals surface area contributed by atoms with Crippen molar-refractivity contribution < 1.29 is 4.74 Å². The Morgan fingerprint density at radius 1 is 1.32 bits per heavy atom. The zero-order valence-corrected chi connectivity index (χ0v) is 12.3. The van der Waals surface area contributed by atoms with Gasteiger partial charge in [0.05, 0.1) is 12.1 Å². The molecule has 0 radical (unpaired) electrons. The fourth-order valence-electron chi connectivity index (χ4n) is 1.91. The molecule has 0 spiro atoms. The predicted molar refractivity (Wildman–Crippen MR) is 79.9 cm³/mol. The smallest absolute Gasteiger partial charge is 0.122 e. The SMILES string of the molecule is CCCNCc1cnc(Cc2ccccc2OC)s1. The minimum Gasteiger partial charge on any atom is -0.496 e. The first-order valence-electron chi connectivity index (χ1n) is 6.59. The van der Waals surface area contributed by atoms with Gasteiger partial charge in [-0.05, 0) is 19.0 Å². The van der Waals surface area contributed by atoms with E-state index in [1.807, 2.05) is 24.4 Å². The van der Waals surface area contributed by atoms with E-state index in [0.717, 1.165) is 36.7 Å². The van der Waals surface area contributed by atoms with Crippen LogP contribution in [0, 0.1) is 0 Å². The summed E-state index contributed by atoms with van der Waals surface area (Å²) in [4.78, 5) is 5.78. The molecular weight excluding hydrogens is 256 g/mol. The molecule has 3 nitrogen and oxygen atoms in total. The van der Waals surface area contributed by atoms with Crippen molar-refractivity contribution in [3.8, 4) is 5.75 Å². The largest absolute Gasteiger partial charge is 0.496 e. The molecule has 0 aliphatic heterocycles. The number of thiazole rings is 1. The maximum Gasteiger partial charge on any atom is 0.122 e. The van der Waals surface area contributed by atoms with Gasteiger partial charge in [-0.1, -0.05) is 25.1 Å². The van der Waals surface area contributed by atoms with E-state index in [-0.39, 0.29) is 0 Å². The second-order valence-electron chi connectivity index (χ2n) is 4.39. The zero-order chi connectivity index (χ0) is 13.5. The molecule has 1 aromatic heterocycles. The monoisotopic (exact) mass is 276 g/mol. The van der Waals surface area contributed by atoms with Crippen LogP contribution in [0.3, 0.4) is 0 Å². The Bertz CT molecular complexity index is 510. The van der Waals surface area contributed by atoms with Gasteiger partial charge in [0.2, 0.25) is 0 Å². The summed E-state index contributed by atoms with van der Waals surface area (Å²) in [6.07, 6.45) is 3.97. The number of ether oxygens (including phenoxy) is 1. The molecule has 0 saturated heterocycles. The van der Waals surface area contributed by atoms with Gasteiger partial charge in [0.1, 0.15) is 5.75 Å². The fraction of sp³-hybridized carbons (Fsp3) is 0.400. The highest BCUT2D eigenvalue weighted by Crippen LogP contribution is 2.23. The van der Waals surface area contributed by atoms with Crippen LogP contribution in [0.1, 0.15) is 28.8 Å². The van der Waals surface area contributed by atoms with Crippen molar-refractivity contribution in [1.82, 2.24) is 10.3 Å². The Balaban J connectivity index is 1.99. The number of benzene rings is 1. The van der Waals surface area contributed by atoms with Gasteiger partial charge in [0, 0.05) is 29.6 Å². The lowest BCUT2D eigenvalue weighted by atomic mass is 10.1. The summed E-state index contributed by atoms with van der Waals surface area (Å²) < 4.78 is 5.37. The van der Waals surface area contributed by atoms with Gasteiger partial charge >= 0.3 is 0 Å². The van der Waals surface area contributed by atoms with Crippen molar-refractivity contribution in [2.24, 2.45) is 0 Å². The number of hydrogen-bond donors (Lipinski definition) is 1. The average molecular weight is 276 g/mol. The topological polar surface area (TPSA) is 34.2 Å². The molecule has 4 heteroatoms. The van der Waals surface area contributed by atoms with Crippen molar-refractivity contribution in [3.05, 3.63) is 45.9 Å². The summed E-state index contributed by atoms with van der Waals surface area (Å²) in [6.45, 7) is 4.14. The van der Waals surface area contributed by atoms with Crippen LogP contribution >= 0.6 is 11.3 Å². The molecule has 1 N–H and O–H groups in total. The summed E-state index contributed by atoms with van der Waals surface area (Å²) in [6, 6.07) is 8.11. The summed E-state index contributed by atoms with van der Waals surface area (Å²) in [7, 11) is 1.71. The van der Waals surface area contributed by atoms with Crippen LogP contribution in [-0.2, 0) is 13.0 Å². The van der Waals surface area contributed by atoms with Crippen molar-refractivity contribution in [2.75, 3.05) is 13.7 Å². The number of nitrogens with zero attached hydrogens (tertiary/aromatic N) is 1. The Kier molecular flexibility index (Phi) is 5.36. The van der Waals surface area contributed by atoms with Crippen LogP contribution in [0.2, 0.25) is 0 Å². The van der Waals surface area contributed by atoms with E-state index < -0.39 is 0 Å². The first-order chi connectivity index (χ1) is 9.33. The normalized spacial score (nSPS) is 10.6. The van der Waals surface area contributed by atoms with E-state index in [2.05, 4.69) is 23.3 Å².